The standard InChI is InChI=1S/C15H20Cl2N2O2/c1-10-8-11(18)4-6-19(10)15(20)5-7-21-12-2-3-13(16)14(17)9-12/h2-3,9-11H,4-8,18H2,1H3/t10-,11+/m0/s1. The summed E-state index contributed by atoms with van der Waals surface area (Å²) < 4.78 is 5.54. The van der Waals surface area contributed by atoms with Crippen LogP contribution >= 0.6 is 23.2 Å². The topological polar surface area (TPSA) is 55.6 Å². The maximum absolute atomic E-state index is 12.2. The molecule has 0 unspecified atom stereocenters. The minimum absolute atomic E-state index is 0.106. The molecule has 0 spiro atoms. The lowest BCUT2D eigenvalue weighted by Gasteiger charge is -2.36. The van der Waals surface area contributed by atoms with Crippen LogP contribution in [-0.2, 0) is 4.79 Å². The Morgan fingerprint density at radius 2 is 2.19 bits per heavy atom. The van der Waals surface area contributed by atoms with Crippen LogP contribution in [0.2, 0.25) is 10.0 Å². The minimum Gasteiger partial charge on any atom is -0.493 e. The number of likely N-dealkylation sites (tertiary alicyclic amines) is 1. The summed E-state index contributed by atoms with van der Waals surface area (Å²) >= 11 is 11.7. The van der Waals surface area contributed by atoms with Crippen LogP contribution in [0.4, 0.5) is 0 Å². The highest BCUT2D eigenvalue weighted by Gasteiger charge is 2.26. The van der Waals surface area contributed by atoms with E-state index in [2.05, 4.69) is 0 Å². The van der Waals surface area contributed by atoms with E-state index in [0.29, 0.717) is 28.8 Å². The number of amides is 1. The van der Waals surface area contributed by atoms with E-state index in [1.807, 2.05) is 11.8 Å². The third kappa shape index (κ3) is 4.50. The summed E-state index contributed by atoms with van der Waals surface area (Å²) in [4.78, 5) is 14.1. The second-order valence-electron chi connectivity index (χ2n) is 5.39. The van der Waals surface area contributed by atoms with Gasteiger partial charge in [0.15, 0.2) is 0 Å². The van der Waals surface area contributed by atoms with Crippen LogP contribution in [0, 0.1) is 0 Å². The van der Waals surface area contributed by atoms with Crippen molar-refractivity contribution in [3.8, 4) is 5.75 Å². The maximum atomic E-state index is 12.2. The average molecular weight is 331 g/mol. The molecule has 4 nitrogen and oxygen atoms in total. The van der Waals surface area contributed by atoms with Crippen molar-refractivity contribution in [3.05, 3.63) is 28.2 Å². The Morgan fingerprint density at radius 1 is 1.43 bits per heavy atom. The minimum atomic E-state index is 0.106. The first-order chi connectivity index (χ1) is 9.97. The normalized spacial score (nSPS) is 22.2. The van der Waals surface area contributed by atoms with Crippen molar-refractivity contribution >= 4 is 29.1 Å². The van der Waals surface area contributed by atoms with Gasteiger partial charge in [-0.25, -0.2) is 0 Å². The third-order valence-electron chi connectivity index (χ3n) is 3.71. The van der Waals surface area contributed by atoms with Crippen molar-refractivity contribution in [2.45, 2.75) is 38.3 Å². The molecule has 1 heterocycles. The van der Waals surface area contributed by atoms with Gasteiger partial charge in [-0.2, -0.15) is 0 Å². The van der Waals surface area contributed by atoms with Crippen molar-refractivity contribution < 1.29 is 9.53 Å². The number of halogens is 2. The van der Waals surface area contributed by atoms with Crippen LogP contribution in [0.5, 0.6) is 5.75 Å². The van der Waals surface area contributed by atoms with Crippen molar-refractivity contribution in [2.75, 3.05) is 13.2 Å². The molecule has 0 aliphatic carbocycles. The van der Waals surface area contributed by atoms with Gasteiger partial charge in [0.2, 0.25) is 5.91 Å². The Labute approximate surface area is 135 Å². The van der Waals surface area contributed by atoms with Gasteiger partial charge in [0.25, 0.3) is 0 Å². The second kappa shape index (κ2) is 7.34. The molecular weight excluding hydrogens is 311 g/mol. The molecule has 1 aromatic rings. The molecule has 0 saturated carbocycles. The Morgan fingerprint density at radius 3 is 2.86 bits per heavy atom. The first kappa shape index (κ1) is 16.4. The van der Waals surface area contributed by atoms with Crippen molar-refractivity contribution in [3.63, 3.8) is 0 Å². The molecule has 1 amide bonds. The molecule has 1 aromatic carbocycles. The van der Waals surface area contributed by atoms with E-state index in [1.54, 1.807) is 18.2 Å². The summed E-state index contributed by atoms with van der Waals surface area (Å²) in [7, 11) is 0. The molecule has 0 aromatic heterocycles. The first-order valence-corrected chi connectivity index (χ1v) is 7.86. The maximum Gasteiger partial charge on any atom is 0.226 e. The molecule has 2 N–H and O–H groups in total. The molecule has 116 valence electrons. The highest BCUT2D eigenvalue weighted by atomic mass is 35.5. The fourth-order valence-electron chi connectivity index (χ4n) is 2.55. The number of hydrogen-bond acceptors (Lipinski definition) is 3. The van der Waals surface area contributed by atoms with Gasteiger partial charge in [-0.3, -0.25) is 4.79 Å². The number of nitrogens with zero attached hydrogens (tertiary/aromatic N) is 1. The van der Waals surface area contributed by atoms with Gasteiger partial charge in [-0.15, -0.1) is 0 Å². The Kier molecular flexibility index (Phi) is 5.73. The van der Waals surface area contributed by atoms with E-state index in [4.69, 9.17) is 33.7 Å². The van der Waals surface area contributed by atoms with E-state index in [-0.39, 0.29) is 18.0 Å². The van der Waals surface area contributed by atoms with E-state index >= 15 is 0 Å². The van der Waals surface area contributed by atoms with Gasteiger partial charge in [0, 0.05) is 24.7 Å². The number of carbonyl (C=O) groups is 1. The number of piperidine rings is 1. The second-order valence-corrected chi connectivity index (χ2v) is 6.21. The molecule has 2 atom stereocenters. The molecule has 1 fully saturated rings. The molecule has 1 saturated heterocycles. The van der Waals surface area contributed by atoms with Gasteiger partial charge in [-0.05, 0) is 31.9 Å². The predicted molar refractivity (Wildman–Crippen MR) is 85.0 cm³/mol. The largest absolute Gasteiger partial charge is 0.493 e. The smallest absolute Gasteiger partial charge is 0.226 e. The Hall–Kier alpha value is -0.970. The highest BCUT2D eigenvalue weighted by Crippen LogP contribution is 2.26. The van der Waals surface area contributed by atoms with Crippen molar-refractivity contribution in [1.82, 2.24) is 4.90 Å². The summed E-state index contributed by atoms with van der Waals surface area (Å²) in [5.41, 5.74) is 5.90. The zero-order chi connectivity index (χ0) is 15.4. The van der Waals surface area contributed by atoms with E-state index < -0.39 is 0 Å². The summed E-state index contributed by atoms with van der Waals surface area (Å²) in [6.07, 6.45) is 2.07. The summed E-state index contributed by atoms with van der Waals surface area (Å²) in [5, 5.41) is 0.928. The van der Waals surface area contributed by atoms with Crippen LogP contribution in [0.15, 0.2) is 18.2 Å². The van der Waals surface area contributed by atoms with Gasteiger partial charge < -0.3 is 15.4 Å². The van der Waals surface area contributed by atoms with Crippen LogP contribution < -0.4 is 10.5 Å². The predicted octanol–water partition coefficient (Wildman–Crippen LogP) is 3.10. The Balaban J connectivity index is 1.80. The molecule has 0 radical (unpaired) electrons. The monoisotopic (exact) mass is 330 g/mol. The number of nitrogens with two attached hydrogens (primary N) is 1. The summed E-state index contributed by atoms with van der Waals surface area (Å²) in [6, 6.07) is 5.47. The molecule has 0 bridgehead atoms. The van der Waals surface area contributed by atoms with Crippen LogP contribution in [-0.4, -0.2) is 36.0 Å². The molecule has 2 rings (SSSR count). The van der Waals surface area contributed by atoms with E-state index in [0.717, 1.165) is 19.4 Å². The SMILES string of the molecule is C[C@H]1C[C@H](N)CCN1C(=O)CCOc1ccc(Cl)c(Cl)c1. The van der Waals surface area contributed by atoms with Gasteiger partial charge in [0.1, 0.15) is 5.75 Å². The van der Waals surface area contributed by atoms with Crippen LogP contribution in [0.25, 0.3) is 0 Å². The number of rotatable bonds is 4. The molecule has 1 aliphatic rings. The molecule has 6 heteroatoms. The first-order valence-electron chi connectivity index (χ1n) is 7.10. The summed E-state index contributed by atoms with van der Waals surface area (Å²) in [5.74, 6) is 0.723. The lowest BCUT2D eigenvalue weighted by molar-refractivity contribution is -0.135. The highest BCUT2D eigenvalue weighted by molar-refractivity contribution is 6.42. The van der Waals surface area contributed by atoms with Gasteiger partial charge >= 0.3 is 0 Å². The van der Waals surface area contributed by atoms with E-state index in [1.165, 1.54) is 0 Å². The Bertz CT molecular complexity index is 510. The third-order valence-corrected chi connectivity index (χ3v) is 4.45. The van der Waals surface area contributed by atoms with Crippen molar-refractivity contribution in [2.24, 2.45) is 5.73 Å². The lowest BCUT2D eigenvalue weighted by Crippen LogP contribution is -2.48. The lowest BCUT2D eigenvalue weighted by atomic mass is 9.99. The summed E-state index contributed by atoms with van der Waals surface area (Å²) in [6.45, 7) is 3.09. The van der Waals surface area contributed by atoms with Gasteiger partial charge in [-0.1, -0.05) is 23.2 Å². The fourth-order valence-corrected chi connectivity index (χ4v) is 2.83. The number of benzene rings is 1. The quantitative estimate of drug-likeness (QED) is 0.922. The van der Waals surface area contributed by atoms with Crippen LogP contribution in [0.3, 0.4) is 0 Å². The zero-order valence-corrected chi connectivity index (χ0v) is 13.5. The van der Waals surface area contributed by atoms with Crippen molar-refractivity contribution in [1.29, 1.82) is 0 Å². The molecular formula is C15H20Cl2N2O2. The molecule has 1 aliphatic heterocycles. The number of ether oxygens (including phenoxy) is 1. The fraction of sp³-hybridized carbons (Fsp3) is 0.533. The average Bonchev–Trinajstić information content (AvgIpc) is 2.42. The van der Waals surface area contributed by atoms with E-state index in [9.17, 15) is 4.79 Å². The van der Waals surface area contributed by atoms with Crippen LogP contribution in [0.1, 0.15) is 26.2 Å². The number of carbonyl (C=O) groups excluding carboxylic acids is 1. The molecule has 21 heavy (non-hydrogen) atoms. The number of hydrogen-bond donors (Lipinski definition) is 1. The zero-order valence-electron chi connectivity index (χ0n) is 12.0. The van der Waals surface area contributed by atoms with Gasteiger partial charge in [0.05, 0.1) is 23.1 Å².